The number of thiazole rings is 1. The fraction of sp³-hybridized carbons (Fsp3) is 0.158. The third kappa shape index (κ3) is 4.49. The van der Waals surface area contributed by atoms with Crippen LogP contribution < -0.4 is 5.32 Å². The van der Waals surface area contributed by atoms with Gasteiger partial charge in [-0.3, -0.25) is 9.59 Å². The first-order valence-corrected chi connectivity index (χ1v) is 10.0. The summed E-state index contributed by atoms with van der Waals surface area (Å²) in [6.45, 7) is 0. The first-order valence-electron chi connectivity index (χ1n) is 8.22. The Morgan fingerprint density at radius 2 is 1.86 bits per heavy atom. The van der Waals surface area contributed by atoms with Crippen LogP contribution >= 0.6 is 23.1 Å². The number of carbonyl (C=O) groups is 3. The lowest BCUT2D eigenvalue weighted by Crippen LogP contribution is -2.23. The van der Waals surface area contributed by atoms with E-state index in [0.717, 1.165) is 14.6 Å². The fourth-order valence-electron chi connectivity index (χ4n) is 2.36. The van der Waals surface area contributed by atoms with Crippen molar-refractivity contribution >= 4 is 56.8 Å². The Labute approximate surface area is 169 Å². The number of thioether (sulfide) groups is 1. The van der Waals surface area contributed by atoms with E-state index in [-0.39, 0.29) is 17.0 Å². The molecule has 0 aliphatic heterocycles. The van der Waals surface area contributed by atoms with Crippen LogP contribution in [0.1, 0.15) is 20.7 Å². The summed E-state index contributed by atoms with van der Waals surface area (Å²) in [6, 6.07) is 11.3. The molecule has 2 N–H and O–H groups in total. The van der Waals surface area contributed by atoms with Crippen molar-refractivity contribution < 1.29 is 19.5 Å². The molecule has 0 unspecified atom stereocenters. The third-order valence-electron chi connectivity index (χ3n) is 3.85. The highest BCUT2D eigenvalue weighted by molar-refractivity contribution is 8.01. The molecule has 0 bridgehead atoms. The zero-order chi connectivity index (χ0) is 20.3. The van der Waals surface area contributed by atoms with Gasteiger partial charge in [0, 0.05) is 19.8 Å². The highest BCUT2D eigenvalue weighted by atomic mass is 32.2. The topological polar surface area (TPSA) is 99.6 Å². The molecule has 0 radical (unpaired) electrons. The molecule has 2 amide bonds. The molecule has 28 heavy (non-hydrogen) atoms. The van der Waals surface area contributed by atoms with E-state index in [0.29, 0.717) is 11.4 Å². The van der Waals surface area contributed by atoms with Gasteiger partial charge in [-0.15, -0.1) is 11.3 Å². The number of amides is 2. The van der Waals surface area contributed by atoms with Crippen LogP contribution in [0.15, 0.2) is 46.8 Å². The molecular formula is C19H17N3O4S2. The monoisotopic (exact) mass is 415 g/mol. The fourth-order valence-corrected chi connectivity index (χ4v) is 4.45. The Morgan fingerprint density at radius 1 is 1.14 bits per heavy atom. The first kappa shape index (κ1) is 19.8. The number of rotatable bonds is 6. The van der Waals surface area contributed by atoms with Gasteiger partial charge in [-0.05, 0) is 30.3 Å². The van der Waals surface area contributed by atoms with Gasteiger partial charge in [0.05, 0.1) is 27.1 Å². The summed E-state index contributed by atoms with van der Waals surface area (Å²) in [5.41, 5.74) is 1.36. The SMILES string of the molecule is CN(C)C(=O)CSc1nc2ccc(NC(=O)c3ccccc3C(=O)O)cc2s1. The van der Waals surface area contributed by atoms with Crippen LogP contribution in [-0.4, -0.2) is 52.6 Å². The zero-order valence-electron chi connectivity index (χ0n) is 15.1. The van der Waals surface area contributed by atoms with Gasteiger partial charge < -0.3 is 15.3 Å². The van der Waals surface area contributed by atoms with Crippen LogP contribution in [-0.2, 0) is 4.79 Å². The maximum Gasteiger partial charge on any atom is 0.336 e. The summed E-state index contributed by atoms with van der Waals surface area (Å²) in [6.07, 6.45) is 0. The Hall–Kier alpha value is -2.91. The molecule has 3 aromatic rings. The van der Waals surface area contributed by atoms with Crippen molar-refractivity contribution in [3.63, 3.8) is 0 Å². The number of carboxylic acids is 1. The van der Waals surface area contributed by atoms with Gasteiger partial charge in [0.1, 0.15) is 0 Å². The molecule has 2 aromatic carbocycles. The Balaban J connectivity index is 1.77. The van der Waals surface area contributed by atoms with Gasteiger partial charge in [0.15, 0.2) is 4.34 Å². The third-order valence-corrected chi connectivity index (χ3v) is 5.99. The summed E-state index contributed by atoms with van der Waals surface area (Å²) in [5.74, 6) is -1.33. The normalized spacial score (nSPS) is 10.6. The number of aromatic nitrogens is 1. The molecule has 0 aliphatic carbocycles. The molecule has 0 spiro atoms. The molecule has 3 rings (SSSR count). The van der Waals surface area contributed by atoms with E-state index < -0.39 is 11.9 Å². The molecule has 0 saturated heterocycles. The second-order valence-electron chi connectivity index (χ2n) is 6.04. The summed E-state index contributed by atoms with van der Waals surface area (Å²) >= 11 is 2.80. The molecule has 144 valence electrons. The van der Waals surface area contributed by atoms with Crippen LogP contribution in [0.2, 0.25) is 0 Å². The Kier molecular flexibility index (Phi) is 5.96. The number of fused-ring (bicyclic) bond motifs is 1. The van der Waals surface area contributed by atoms with Crippen molar-refractivity contribution in [3.05, 3.63) is 53.6 Å². The highest BCUT2D eigenvalue weighted by Gasteiger charge is 2.16. The second-order valence-corrected chi connectivity index (χ2v) is 8.30. The molecule has 7 nitrogen and oxygen atoms in total. The Morgan fingerprint density at radius 3 is 2.54 bits per heavy atom. The van der Waals surface area contributed by atoms with E-state index in [2.05, 4.69) is 10.3 Å². The first-order chi connectivity index (χ1) is 13.3. The lowest BCUT2D eigenvalue weighted by molar-refractivity contribution is -0.125. The lowest BCUT2D eigenvalue weighted by atomic mass is 10.1. The van der Waals surface area contributed by atoms with Crippen molar-refractivity contribution in [3.8, 4) is 0 Å². The Bertz CT molecular complexity index is 1060. The number of carbonyl (C=O) groups excluding carboxylic acids is 2. The molecule has 1 aromatic heterocycles. The second kappa shape index (κ2) is 8.41. The maximum absolute atomic E-state index is 12.5. The van der Waals surface area contributed by atoms with Crippen molar-refractivity contribution in [2.24, 2.45) is 0 Å². The van der Waals surface area contributed by atoms with E-state index in [9.17, 15) is 19.5 Å². The van der Waals surface area contributed by atoms with Crippen molar-refractivity contribution in [1.29, 1.82) is 0 Å². The van der Waals surface area contributed by atoms with Crippen LogP contribution in [0, 0.1) is 0 Å². The maximum atomic E-state index is 12.5. The number of nitrogens with one attached hydrogen (secondary N) is 1. The van der Waals surface area contributed by atoms with Gasteiger partial charge in [0.25, 0.3) is 5.91 Å². The highest BCUT2D eigenvalue weighted by Crippen LogP contribution is 2.31. The number of hydrogen-bond acceptors (Lipinski definition) is 6. The minimum atomic E-state index is -1.16. The summed E-state index contributed by atoms with van der Waals surface area (Å²) in [5, 5.41) is 12.0. The lowest BCUT2D eigenvalue weighted by Gasteiger charge is -2.07. The number of anilines is 1. The molecule has 0 saturated carbocycles. The zero-order valence-corrected chi connectivity index (χ0v) is 16.8. The molecule has 0 atom stereocenters. The predicted molar refractivity (Wildman–Crippen MR) is 110 cm³/mol. The van der Waals surface area contributed by atoms with E-state index in [4.69, 9.17) is 0 Å². The number of hydrogen-bond donors (Lipinski definition) is 2. The van der Waals surface area contributed by atoms with E-state index in [1.165, 1.54) is 40.1 Å². The van der Waals surface area contributed by atoms with Crippen molar-refractivity contribution in [1.82, 2.24) is 9.88 Å². The van der Waals surface area contributed by atoms with Gasteiger partial charge >= 0.3 is 5.97 Å². The number of aromatic carboxylic acids is 1. The number of carboxylic acid groups (broad SMARTS) is 1. The molecule has 1 heterocycles. The average molecular weight is 415 g/mol. The largest absolute Gasteiger partial charge is 0.478 e. The summed E-state index contributed by atoms with van der Waals surface area (Å²) in [4.78, 5) is 41.5. The summed E-state index contributed by atoms with van der Waals surface area (Å²) < 4.78 is 1.63. The minimum absolute atomic E-state index is 0.00862. The van der Waals surface area contributed by atoms with Crippen LogP contribution in [0.5, 0.6) is 0 Å². The smallest absolute Gasteiger partial charge is 0.336 e. The van der Waals surface area contributed by atoms with Gasteiger partial charge in [-0.1, -0.05) is 23.9 Å². The quantitative estimate of drug-likeness (QED) is 0.599. The van der Waals surface area contributed by atoms with Crippen LogP contribution in [0.4, 0.5) is 5.69 Å². The average Bonchev–Trinajstić information content (AvgIpc) is 3.08. The number of benzene rings is 2. The van der Waals surface area contributed by atoms with Gasteiger partial charge in [-0.25, -0.2) is 9.78 Å². The molecule has 9 heteroatoms. The van der Waals surface area contributed by atoms with E-state index in [1.807, 2.05) is 0 Å². The van der Waals surface area contributed by atoms with E-state index >= 15 is 0 Å². The molecule has 0 aliphatic rings. The van der Waals surface area contributed by atoms with Gasteiger partial charge in [0.2, 0.25) is 5.91 Å². The molecular weight excluding hydrogens is 398 g/mol. The van der Waals surface area contributed by atoms with Crippen molar-refractivity contribution in [2.45, 2.75) is 4.34 Å². The van der Waals surface area contributed by atoms with Crippen LogP contribution in [0.3, 0.4) is 0 Å². The van der Waals surface area contributed by atoms with E-state index in [1.54, 1.807) is 44.4 Å². The standard InChI is InChI=1S/C19H17N3O4S2/c1-22(2)16(23)10-27-19-21-14-8-7-11(9-15(14)28-19)20-17(24)12-5-3-4-6-13(12)18(25)26/h3-9H,10H2,1-2H3,(H,20,24)(H,25,26). The molecule has 0 fully saturated rings. The van der Waals surface area contributed by atoms with Crippen molar-refractivity contribution in [2.75, 3.05) is 25.2 Å². The minimum Gasteiger partial charge on any atom is -0.478 e. The predicted octanol–water partition coefficient (Wildman–Crippen LogP) is 3.43. The van der Waals surface area contributed by atoms with Crippen LogP contribution in [0.25, 0.3) is 10.2 Å². The summed E-state index contributed by atoms with van der Waals surface area (Å²) in [7, 11) is 3.41. The number of nitrogens with zero attached hydrogens (tertiary/aromatic N) is 2. The van der Waals surface area contributed by atoms with Gasteiger partial charge in [-0.2, -0.15) is 0 Å².